The average molecular weight is 697 g/mol. The maximum absolute atomic E-state index is 6.73. The predicted molar refractivity (Wildman–Crippen MR) is 224 cm³/mol. The molecule has 1 aliphatic rings. The van der Waals surface area contributed by atoms with Crippen molar-refractivity contribution in [3.05, 3.63) is 203 Å². The lowest BCUT2D eigenvalue weighted by Gasteiger charge is -2.26. The Balaban J connectivity index is 1.14. The van der Waals surface area contributed by atoms with Crippen molar-refractivity contribution in [3.8, 4) is 11.1 Å². The summed E-state index contributed by atoms with van der Waals surface area (Å²) in [7, 11) is 0. The van der Waals surface area contributed by atoms with Gasteiger partial charge >= 0.3 is 0 Å². The third kappa shape index (κ3) is 5.41. The van der Waals surface area contributed by atoms with Gasteiger partial charge in [0, 0.05) is 49.1 Å². The number of fused-ring (bicyclic) bond motifs is 6. The molecule has 2 aromatic heterocycles. The number of para-hydroxylation sites is 1. The van der Waals surface area contributed by atoms with E-state index in [9.17, 15) is 0 Å². The number of thiophene rings is 1. The van der Waals surface area contributed by atoms with Crippen LogP contribution in [0.4, 0.5) is 17.1 Å². The van der Waals surface area contributed by atoms with E-state index < -0.39 is 0 Å². The Hall–Kier alpha value is -6.71. The molecule has 0 amide bonds. The number of furan rings is 1. The lowest BCUT2D eigenvalue weighted by atomic mass is 9.98. The Labute approximate surface area is 311 Å². The zero-order chi connectivity index (χ0) is 35.3. The first-order valence-electron chi connectivity index (χ1n) is 17.8. The molecule has 0 radical (unpaired) electrons. The van der Waals surface area contributed by atoms with E-state index in [1.807, 2.05) is 6.07 Å². The number of hydrogen-bond acceptors (Lipinski definition) is 4. The summed E-state index contributed by atoms with van der Waals surface area (Å²) in [6.45, 7) is 2.15. The van der Waals surface area contributed by atoms with E-state index in [4.69, 9.17) is 9.41 Å². The quantitative estimate of drug-likeness (QED) is 0.162. The maximum Gasteiger partial charge on any atom is 0.137 e. The Morgan fingerprint density at radius 1 is 0.547 bits per heavy atom. The molecule has 7 aromatic carbocycles. The van der Waals surface area contributed by atoms with Gasteiger partial charge in [0.25, 0.3) is 0 Å². The molecule has 0 atom stereocenters. The highest BCUT2D eigenvalue weighted by Crippen LogP contribution is 2.44. The Bertz CT molecular complexity index is 2910. The molecule has 3 heterocycles. The van der Waals surface area contributed by atoms with E-state index in [1.54, 1.807) is 11.3 Å². The van der Waals surface area contributed by atoms with E-state index in [2.05, 4.69) is 187 Å². The van der Waals surface area contributed by atoms with Crippen molar-refractivity contribution < 1.29 is 4.42 Å². The van der Waals surface area contributed by atoms with Crippen LogP contribution in [0.15, 0.2) is 191 Å². The van der Waals surface area contributed by atoms with Gasteiger partial charge in [0.2, 0.25) is 0 Å². The molecule has 53 heavy (non-hydrogen) atoms. The van der Waals surface area contributed by atoms with Gasteiger partial charge in [-0.15, -0.1) is 11.3 Å². The number of allylic oxidation sites excluding steroid dienone is 1. The summed E-state index contributed by atoms with van der Waals surface area (Å²) in [5.74, 6) is 0. The normalized spacial score (nSPS) is 12.7. The molecule has 0 saturated carbocycles. The number of benzene rings is 7. The summed E-state index contributed by atoms with van der Waals surface area (Å²) < 4.78 is 7.97. The fourth-order valence-electron chi connectivity index (χ4n) is 7.52. The minimum atomic E-state index is 0.821. The van der Waals surface area contributed by atoms with Gasteiger partial charge in [-0.25, -0.2) is 4.99 Å². The summed E-state index contributed by atoms with van der Waals surface area (Å²) >= 11 is 1.79. The van der Waals surface area contributed by atoms with Crippen LogP contribution in [0.1, 0.15) is 28.5 Å². The minimum Gasteiger partial charge on any atom is -0.456 e. The molecule has 0 fully saturated rings. The van der Waals surface area contributed by atoms with E-state index in [1.165, 1.54) is 26.8 Å². The maximum atomic E-state index is 6.73. The molecule has 1 aliphatic heterocycles. The molecule has 0 unspecified atom stereocenters. The fraction of sp³-hybridized carbons (Fsp3) is 0.0204. The average Bonchev–Trinajstić information content (AvgIpc) is 3.75. The van der Waals surface area contributed by atoms with Gasteiger partial charge < -0.3 is 9.32 Å². The third-order valence-electron chi connectivity index (χ3n) is 10.00. The molecular formula is C49H32N2OS. The second kappa shape index (κ2) is 12.8. The lowest BCUT2D eigenvalue weighted by Crippen LogP contribution is -2.10. The summed E-state index contributed by atoms with van der Waals surface area (Å²) in [6.07, 6.45) is 0. The van der Waals surface area contributed by atoms with E-state index in [0.29, 0.717) is 0 Å². The van der Waals surface area contributed by atoms with Gasteiger partial charge in [-0.1, -0.05) is 127 Å². The monoisotopic (exact) mass is 696 g/mol. The van der Waals surface area contributed by atoms with Crippen LogP contribution in [-0.4, -0.2) is 5.71 Å². The molecule has 0 N–H and O–H groups in total. The second-order valence-electron chi connectivity index (χ2n) is 13.3. The first-order chi connectivity index (χ1) is 26.2. The summed E-state index contributed by atoms with van der Waals surface area (Å²) in [5.41, 5.74) is 17.0. The van der Waals surface area contributed by atoms with Crippen molar-refractivity contribution in [2.45, 2.75) is 6.92 Å². The summed E-state index contributed by atoms with van der Waals surface area (Å²) in [5, 5.41) is 3.35. The van der Waals surface area contributed by atoms with E-state index in [-0.39, 0.29) is 0 Å². The molecule has 0 spiro atoms. The van der Waals surface area contributed by atoms with Crippen molar-refractivity contribution in [3.63, 3.8) is 0 Å². The van der Waals surface area contributed by atoms with Crippen molar-refractivity contribution in [1.82, 2.24) is 0 Å². The Morgan fingerprint density at radius 2 is 1.19 bits per heavy atom. The predicted octanol–water partition coefficient (Wildman–Crippen LogP) is 13.8. The van der Waals surface area contributed by atoms with Gasteiger partial charge in [0.1, 0.15) is 16.9 Å². The molecule has 0 saturated heterocycles. The van der Waals surface area contributed by atoms with Crippen LogP contribution < -0.4 is 4.90 Å². The molecule has 0 bridgehead atoms. The number of anilines is 3. The van der Waals surface area contributed by atoms with Crippen LogP contribution in [0.2, 0.25) is 0 Å². The molecule has 4 heteroatoms. The fourth-order valence-corrected chi connectivity index (χ4v) is 8.79. The van der Waals surface area contributed by atoms with E-state index in [0.717, 1.165) is 72.0 Å². The standard InChI is InChI=1S/C49H32N2OS/c1-32-30-41(35-16-7-3-8-17-35)50-48(49-46(32)40-20-11-12-23-45(40)53-49)36-26-29-39-44(31-36)52-43-22-13-21-42(47(39)43)51(37-18-9-4-10-19-37)38-27-24-34(25-28-38)33-14-5-2-6-15-33/h2-29,31H,1H3. The Morgan fingerprint density at radius 3 is 1.96 bits per heavy atom. The van der Waals surface area contributed by atoms with Crippen LogP contribution in [-0.2, 0) is 0 Å². The largest absolute Gasteiger partial charge is 0.456 e. The molecule has 3 nitrogen and oxygen atoms in total. The van der Waals surface area contributed by atoms with Crippen LogP contribution >= 0.6 is 11.3 Å². The first-order valence-corrected chi connectivity index (χ1v) is 18.6. The van der Waals surface area contributed by atoms with Crippen LogP contribution in [0.5, 0.6) is 0 Å². The lowest BCUT2D eigenvalue weighted by molar-refractivity contribution is 0.669. The highest BCUT2D eigenvalue weighted by Gasteiger charge is 2.24. The van der Waals surface area contributed by atoms with Crippen LogP contribution in [0.25, 0.3) is 54.4 Å². The number of rotatable bonds is 6. The zero-order valence-corrected chi connectivity index (χ0v) is 29.8. The van der Waals surface area contributed by atoms with Crippen LogP contribution in [0.3, 0.4) is 0 Å². The van der Waals surface area contributed by atoms with Crippen molar-refractivity contribution in [1.29, 1.82) is 0 Å². The van der Waals surface area contributed by atoms with Gasteiger partial charge in [-0.05, 0) is 72.6 Å². The van der Waals surface area contributed by atoms with Gasteiger partial charge in [-0.2, -0.15) is 0 Å². The van der Waals surface area contributed by atoms with Crippen molar-refractivity contribution in [2.75, 3.05) is 4.90 Å². The van der Waals surface area contributed by atoms with Crippen molar-refractivity contribution in [2.24, 2.45) is 4.99 Å². The van der Waals surface area contributed by atoms with E-state index >= 15 is 0 Å². The molecule has 10 rings (SSSR count). The third-order valence-corrected chi connectivity index (χ3v) is 11.2. The van der Waals surface area contributed by atoms with Crippen LogP contribution in [0, 0.1) is 0 Å². The highest BCUT2D eigenvalue weighted by molar-refractivity contribution is 7.21. The van der Waals surface area contributed by atoms with Gasteiger partial charge in [0.15, 0.2) is 0 Å². The SMILES string of the molecule is CC1=C=C(c2ccccc2)N=C(c2ccc3c(c2)oc2cccc(N(c4ccccc4)c4ccc(-c5ccccc5)cc4)c23)c2sc3ccccc3c21. The summed E-state index contributed by atoms with van der Waals surface area (Å²) in [6, 6.07) is 61.7. The molecular weight excluding hydrogens is 665 g/mol. The number of hydrogen-bond donors (Lipinski definition) is 0. The number of aliphatic imine (C=N–C) groups is 1. The first kappa shape index (κ1) is 31.1. The molecule has 9 aromatic rings. The topological polar surface area (TPSA) is 28.7 Å². The summed E-state index contributed by atoms with van der Waals surface area (Å²) in [4.78, 5) is 8.85. The highest BCUT2D eigenvalue weighted by atomic mass is 32.1. The molecule has 250 valence electrons. The van der Waals surface area contributed by atoms with Gasteiger partial charge in [0.05, 0.1) is 21.7 Å². The van der Waals surface area contributed by atoms with Crippen molar-refractivity contribution >= 4 is 77.4 Å². The Kier molecular flexibility index (Phi) is 7.51. The zero-order valence-electron chi connectivity index (χ0n) is 29.0. The minimum absolute atomic E-state index is 0.821. The smallest absolute Gasteiger partial charge is 0.137 e. The molecule has 0 aliphatic carbocycles. The second-order valence-corrected chi connectivity index (χ2v) is 14.3. The number of nitrogens with zero attached hydrogens (tertiary/aromatic N) is 2. The van der Waals surface area contributed by atoms with Gasteiger partial charge in [-0.3, -0.25) is 0 Å².